The first-order valence-electron chi connectivity index (χ1n) is 9.17. The molecule has 25 heavy (non-hydrogen) atoms. The van der Waals surface area contributed by atoms with E-state index in [-0.39, 0.29) is 12.0 Å². The summed E-state index contributed by atoms with van der Waals surface area (Å²) in [4.78, 5) is 14.6. The standard InChI is InChI=1S/C19H21BrN4O/c20-16-3-1-15(2-4-16)18-21-23-24(22-18)11-17(25)19-8-12-5-13(9-19)7-14(6-12)10-19/h1-4,12-14H,5-11H2. The van der Waals surface area contributed by atoms with E-state index < -0.39 is 0 Å². The monoisotopic (exact) mass is 400 g/mol. The Balaban J connectivity index is 1.34. The molecule has 4 aliphatic carbocycles. The minimum absolute atomic E-state index is 0.0971. The van der Waals surface area contributed by atoms with E-state index in [9.17, 15) is 4.79 Å². The van der Waals surface area contributed by atoms with Crippen LogP contribution in [-0.4, -0.2) is 26.0 Å². The Morgan fingerprint density at radius 3 is 2.28 bits per heavy atom. The Bertz CT molecular complexity index is 778. The van der Waals surface area contributed by atoms with Gasteiger partial charge in [-0.05, 0) is 85.8 Å². The molecule has 0 spiro atoms. The predicted octanol–water partition coefficient (Wildman–Crippen LogP) is 3.89. The zero-order chi connectivity index (χ0) is 17.0. The number of nitrogens with zero attached hydrogens (tertiary/aromatic N) is 4. The highest BCUT2D eigenvalue weighted by atomic mass is 79.9. The topological polar surface area (TPSA) is 60.7 Å². The van der Waals surface area contributed by atoms with Crippen LogP contribution in [0.15, 0.2) is 28.7 Å². The van der Waals surface area contributed by atoms with Crippen molar-refractivity contribution in [2.24, 2.45) is 23.2 Å². The Labute approximate surface area is 155 Å². The smallest absolute Gasteiger partial charge is 0.204 e. The van der Waals surface area contributed by atoms with Gasteiger partial charge >= 0.3 is 0 Å². The van der Waals surface area contributed by atoms with Crippen LogP contribution in [0.4, 0.5) is 0 Å². The van der Waals surface area contributed by atoms with Gasteiger partial charge in [0.05, 0.1) is 0 Å². The highest BCUT2D eigenvalue weighted by Crippen LogP contribution is 2.60. The van der Waals surface area contributed by atoms with Gasteiger partial charge in [0.1, 0.15) is 6.54 Å². The molecule has 0 atom stereocenters. The number of ketones is 1. The lowest BCUT2D eigenvalue weighted by atomic mass is 9.48. The summed E-state index contributed by atoms with van der Waals surface area (Å²) in [5, 5.41) is 12.7. The van der Waals surface area contributed by atoms with Crippen LogP contribution in [0.25, 0.3) is 11.4 Å². The van der Waals surface area contributed by atoms with E-state index in [4.69, 9.17) is 0 Å². The minimum Gasteiger partial charge on any atom is -0.297 e. The first-order chi connectivity index (χ1) is 12.1. The van der Waals surface area contributed by atoms with Gasteiger partial charge in [0.2, 0.25) is 5.82 Å². The van der Waals surface area contributed by atoms with E-state index in [1.54, 1.807) is 0 Å². The zero-order valence-corrected chi connectivity index (χ0v) is 15.7. The molecule has 0 unspecified atom stereocenters. The van der Waals surface area contributed by atoms with Crippen molar-refractivity contribution in [1.29, 1.82) is 0 Å². The molecule has 0 saturated heterocycles. The third kappa shape index (κ3) is 2.75. The number of carbonyl (C=O) groups excluding carboxylic acids is 1. The lowest BCUT2D eigenvalue weighted by Gasteiger charge is -2.55. The number of aromatic nitrogens is 4. The molecular formula is C19H21BrN4O. The number of halogens is 1. The summed E-state index contributed by atoms with van der Waals surface area (Å²) in [6.07, 6.45) is 7.32. The second kappa shape index (κ2) is 5.73. The summed E-state index contributed by atoms with van der Waals surface area (Å²) in [6, 6.07) is 7.81. The van der Waals surface area contributed by atoms with Gasteiger partial charge in [-0.25, -0.2) is 0 Å². The van der Waals surface area contributed by atoms with Crippen LogP contribution in [0.2, 0.25) is 0 Å². The molecule has 4 bridgehead atoms. The second-order valence-electron chi connectivity index (χ2n) is 8.27. The molecule has 130 valence electrons. The molecule has 4 saturated carbocycles. The highest BCUT2D eigenvalue weighted by Gasteiger charge is 2.54. The summed E-state index contributed by atoms with van der Waals surface area (Å²) in [7, 11) is 0. The third-order valence-electron chi connectivity index (χ3n) is 6.47. The molecule has 4 fully saturated rings. The summed E-state index contributed by atoms with van der Waals surface area (Å²) < 4.78 is 1.01. The summed E-state index contributed by atoms with van der Waals surface area (Å²) >= 11 is 3.43. The molecule has 1 aromatic heterocycles. The van der Waals surface area contributed by atoms with Crippen LogP contribution in [0, 0.1) is 23.2 Å². The van der Waals surface area contributed by atoms with Crippen molar-refractivity contribution in [3.63, 3.8) is 0 Å². The average Bonchev–Trinajstić information content (AvgIpc) is 3.03. The van der Waals surface area contributed by atoms with Crippen molar-refractivity contribution in [3.05, 3.63) is 28.7 Å². The van der Waals surface area contributed by atoms with Crippen molar-refractivity contribution in [2.75, 3.05) is 0 Å². The molecule has 6 heteroatoms. The summed E-state index contributed by atoms with van der Waals surface area (Å²) in [6.45, 7) is 0.260. The molecule has 4 aliphatic rings. The van der Waals surface area contributed by atoms with Crippen LogP contribution in [0.1, 0.15) is 38.5 Å². The SMILES string of the molecule is O=C(Cn1nnc(-c2ccc(Br)cc2)n1)C12CC3CC(CC(C3)C1)C2. The average molecular weight is 401 g/mol. The lowest BCUT2D eigenvalue weighted by molar-refractivity contribution is -0.145. The molecule has 0 N–H and O–H groups in total. The normalized spacial score (nSPS) is 32.9. The summed E-state index contributed by atoms with van der Waals surface area (Å²) in [5.41, 5.74) is 0.817. The van der Waals surface area contributed by atoms with Crippen LogP contribution in [-0.2, 0) is 11.3 Å². The van der Waals surface area contributed by atoms with Gasteiger partial charge in [-0.2, -0.15) is 4.80 Å². The fourth-order valence-electron chi connectivity index (χ4n) is 5.77. The van der Waals surface area contributed by atoms with Crippen molar-refractivity contribution in [2.45, 2.75) is 45.1 Å². The predicted molar refractivity (Wildman–Crippen MR) is 96.6 cm³/mol. The molecule has 1 heterocycles. The fraction of sp³-hybridized carbons (Fsp3) is 0.579. The maximum atomic E-state index is 13.1. The van der Waals surface area contributed by atoms with Crippen molar-refractivity contribution in [1.82, 2.24) is 20.2 Å². The van der Waals surface area contributed by atoms with Gasteiger partial charge in [0.15, 0.2) is 5.78 Å². The molecular weight excluding hydrogens is 380 g/mol. The van der Waals surface area contributed by atoms with Crippen molar-refractivity contribution >= 4 is 21.7 Å². The van der Waals surface area contributed by atoms with Crippen LogP contribution < -0.4 is 0 Å². The van der Waals surface area contributed by atoms with Crippen molar-refractivity contribution < 1.29 is 4.79 Å². The van der Waals surface area contributed by atoms with E-state index in [0.717, 1.165) is 47.1 Å². The Morgan fingerprint density at radius 2 is 1.68 bits per heavy atom. The first kappa shape index (κ1) is 15.7. The third-order valence-corrected chi connectivity index (χ3v) is 7.00. The molecule has 1 aromatic carbocycles. The van der Waals surface area contributed by atoms with Crippen LogP contribution in [0.3, 0.4) is 0 Å². The van der Waals surface area contributed by atoms with Gasteiger partial charge < -0.3 is 0 Å². The molecule has 0 radical (unpaired) electrons. The van der Waals surface area contributed by atoms with Gasteiger partial charge in [-0.1, -0.05) is 15.9 Å². The van der Waals surface area contributed by atoms with Crippen LogP contribution >= 0.6 is 15.9 Å². The lowest BCUT2D eigenvalue weighted by Crippen LogP contribution is -2.50. The quantitative estimate of drug-likeness (QED) is 0.780. The number of tetrazole rings is 1. The maximum absolute atomic E-state index is 13.1. The van der Waals surface area contributed by atoms with E-state index in [1.165, 1.54) is 24.1 Å². The van der Waals surface area contributed by atoms with Gasteiger partial charge in [0, 0.05) is 15.5 Å². The number of carbonyl (C=O) groups is 1. The largest absolute Gasteiger partial charge is 0.297 e. The van der Waals surface area contributed by atoms with E-state index in [0.29, 0.717) is 11.6 Å². The van der Waals surface area contributed by atoms with E-state index >= 15 is 0 Å². The fourth-order valence-corrected chi connectivity index (χ4v) is 6.04. The molecule has 6 rings (SSSR count). The Hall–Kier alpha value is -1.56. The number of hydrogen-bond donors (Lipinski definition) is 0. The minimum atomic E-state index is -0.0971. The Morgan fingerprint density at radius 1 is 1.08 bits per heavy atom. The number of rotatable bonds is 4. The molecule has 0 aliphatic heterocycles. The van der Waals surface area contributed by atoms with Gasteiger partial charge in [-0.15, -0.1) is 10.2 Å². The zero-order valence-electron chi connectivity index (χ0n) is 14.1. The van der Waals surface area contributed by atoms with Gasteiger partial charge in [-0.3, -0.25) is 4.79 Å². The molecule has 5 nitrogen and oxygen atoms in total. The van der Waals surface area contributed by atoms with E-state index in [1.807, 2.05) is 24.3 Å². The maximum Gasteiger partial charge on any atom is 0.204 e. The number of Topliss-reactive ketones (excluding diaryl/α,β-unsaturated/α-hetero) is 1. The second-order valence-corrected chi connectivity index (χ2v) is 9.19. The number of hydrogen-bond acceptors (Lipinski definition) is 4. The summed E-state index contributed by atoms with van der Waals surface area (Å²) in [5.74, 6) is 3.23. The Kier molecular flexibility index (Phi) is 3.59. The first-order valence-corrected chi connectivity index (χ1v) is 9.96. The van der Waals surface area contributed by atoms with E-state index in [2.05, 4.69) is 31.3 Å². The molecule has 2 aromatic rings. The van der Waals surface area contributed by atoms with Gasteiger partial charge in [0.25, 0.3) is 0 Å². The molecule has 0 amide bonds. The highest BCUT2D eigenvalue weighted by molar-refractivity contribution is 9.10. The van der Waals surface area contributed by atoms with Crippen molar-refractivity contribution in [3.8, 4) is 11.4 Å². The van der Waals surface area contributed by atoms with Crippen LogP contribution in [0.5, 0.6) is 0 Å². The number of benzene rings is 1.